The largest absolute Gasteiger partial charge is 0.464 e. The molecule has 0 spiro atoms. The van der Waals surface area contributed by atoms with Gasteiger partial charge < -0.3 is 4.42 Å². The van der Waals surface area contributed by atoms with Gasteiger partial charge in [-0.1, -0.05) is 0 Å². The Morgan fingerprint density at radius 3 is 2.87 bits per heavy atom. The minimum Gasteiger partial charge on any atom is -0.464 e. The van der Waals surface area contributed by atoms with Gasteiger partial charge in [-0.3, -0.25) is 0 Å². The highest BCUT2D eigenvalue weighted by atomic mass is 79.9. The maximum absolute atomic E-state index is 5.37. The van der Waals surface area contributed by atoms with Crippen LogP contribution < -0.4 is 0 Å². The van der Waals surface area contributed by atoms with E-state index in [0.29, 0.717) is 0 Å². The number of hydrogen-bond acceptors (Lipinski definition) is 2. The highest BCUT2D eigenvalue weighted by Crippen LogP contribution is 2.32. The van der Waals surface area contributed by atoms with Gasteiger partial charge in [0.2, 0.25) is 0 Å². The lowest BCUT2D eigenvalue weighted by molar-refractivity contribution is 0.582. The zero-order valence-electron chi connectivity index (χ0n) is 7.74. The molecule has 0 saturated carbocycles. The second-order valence-electron chi connectivity index (χ2n) is 3.28. The molecule has 0 aliphatic heterocycles. The fraction of sp³-hybridized carbons (Fsp3) is 0. The lowest BCUT2D eigenvalue weighted by Crippen LogP contribution is -1.71. The number of benzene rings is 1. The number of hydrogen-bond donors (Lipinski definition) is 0. The minimum absolute atomic E-state index is 0.916. The van der Waals surface area contributed by atoms with Crippen LogP contribution >= 0.6 is 27.3 Å². The Balaban J connectivity index is 2.21. The second-order valence-corrected chi connectivity index (χ2v) is 5.74. The van der Waals surface area contributed by atoms with E-state index in [2.05, 4.69) is 40.2 Å². The summed E-state index contributed by atoms with van der Waals surface area (Å²) >= 11 is 5.24. The molecule has 3 heteroatoms. The van der Waals surface area contributed by atoms with Crippen molar-refractivity contribution < 1.29 is 4.42 Å². The Morgan fingerprint density at radius 2 is 2.07 bits per heavy atom. The third kappa shape index (κ3) is 1.62. The SMILES string of the molecule is Brc1cc2cc(-c3ccco3)ccc2s1. The topological polar surface area (TPSA) is 13.1 Å². The van der Waals surface area contributed by atoms with Gasteiger partial charge in [-0.25, -0.2) is 0 Å². The summed E-state index contributed by atoms with van der Waals surface area (Å²) in [6.07, 6.45) is 1.70. The number of halogens is 1. The van der Waals surface area contributed by atoms with Crippen LogP contribution in [-0.4, -0.2) is 0 Å². The summed E-state index contributed by atoms with van der Waals surface area (Å²) < 4.78 is 7.82. The van der Waals surface area contributed by atoms with Crippen molar-refractivity contribution in [2.24, 2.45) is 0 Å². The summed E-state index contributed by atoms with van der Waals surface area (Å²) in [5.74, 6) is 0.916. The molecule has 2 aromatic heterocycles. The van der Waals surface area contributed by atoms with E-state index in [4.69, 9.17) is 4.42 Å². The van der Waals surface area contributed by atoms with Gasteiger partial charge >= 0.3 is 0 Å². The Bertz CT molecular complexity index is 595. The maximum Gasteiger partial charge on any atom is 0.133 e. The fourth-order valence-corrected chi connectivity index (χ4v) is 3.14. The lowest BCUT2D eigenvalue weighted by Gasteiger charge is -1.96. The molecule has 0 atom stereocenters. The molecular formula is C12H7BrOS. The normalized spacial score (nSPS) is 11.0. The molecule has 3 rings (SSSR count). The van der Waals surface area contributed by atoms with Gasteiger partial charge in [-0.15, -0.1) is 11.3 Å². The first-order valence-electron chi connectivity index (χ1n) is 4.56. The summed E-state index contributed by atoms with van der Waals surface area (Å²) in [4.78, 5) is 0. The molecule has 0 bridgehead atoms. The monoisotopic (exact) mass is 278 g/mol. The van der Waals surface area contributed by atoms with Crippen LogP contribution in [0.1, 0.15) is 0 Å². The third-order valence-electron chi connectivity index (χ3n) is 2.29. The molecule has 2 heterocycles. The fourth-order valence-electron chi connectivity index (χ4n) is 1.61. The number of thiophene rings is 1. The Hall–Kier alpha value is -1.06. The van der Waals surface area contributed by atoms with Crippen LogP contribution in [0.4, 0.5) is 0 Å². The van der Waals surface area contributed by atoms with Crippen molar-refractivity contribution in [1.29, 1.82) is 0 Å². The molecule has 74 valence electrons. The van der Waals surface area contributed by atoms with Gasteiger partial charge in [0.1, 0.15) is 5.76 Å². The standard InChI is InChI=1S/C12H7BrOS/c13-12-7-9-6-8(3-4-11(9)15-12)10-2-1-5-14-10/h1-7H. The molecule has 3 aromatic rings. The van der Waals surface area contributed by atoms with Crippen molar-refractivity contribution in [3.8, 4) is 11.3 Å². The van der Waals surface area contributed by atoms with Crippen molar-refractivity contribution in [2.75, 3.05) is 0 Å². The van der Waals surface area contributed by atoms with E-state index in [0.717, 1.165) is 15.1 Å². The van der Waals surface area contributed by atoms with E-state index in [1.54, 1.807) is 17.6 Å². The van der Waals surface area contributed by atoms with Gasteiger partial charge in [0, 0.05) is 10.3 Å². The molecule has 0 saturated heterocycles. The Labute approximate surface area is 99.5 Å². The van der Waals surface area contributed by atoms with Gasteiger partial charge in [0.15, 0.2) is 0 Å². The highest BCUT2D eigenvalue weighted by Gasteiger charge is 2.04. The zero-order valence-corrected chi connectivity index (χ0v) is 10.1. The summed E-state index contributed by atoms with van der Waals surface area (Å²) in [6, 6.07) is 12.4. The van der Waals surface area contributed by atoms with Crippen LogP contribution in [0.5, 0.6) is 0 Å². The molecule has 0 aliphatic rings. The van der Waals surface area contributed by atoms with Crippen molar-refractivity contribution >= 4 is 37.4 Å². The average molecular weight is 279 g/mol. The van der Waals surface area contributed by atoms with Crippen LogP contribution in [0.15, 0.2) is 50.9 Å². The summed E-state index contributed by atoms with van der Waals surface area (Å²) in [5, 5.41) is 1.25. The molecule has 15 heavy (non-hydrogen) atoms. The van der Waals surface area contributed by atoms with E-state index >= 15 is 0 Å². The summed E-state index contributed by atoms with van der Waals surface area (Å²) in [5.41, 5.74) is 1.12. The van der Waals surface area contributed by atoms with Crippen molar-refractivity contribution in [3.05, 3.63) is 46.4 Å². The third-order valence-corrected chi connectivity index (χ3v) is 3.91. The first-order chi connectivity index (χ1) is 7.33. The van der Waals surface area contributed by atoms with Gasteiger partial charge in [0.05, 0.1) is 10.0 Å². The van der Waals surface area contributed by atoms with Crippen LogP contribution in [0.2, 0.25) is 0 Å². The predicted molar refractivity (Wildman–Crippen MR) is 67.2 cm³/mol. The van der Waals surface area contributed by atoms with Crippen molar-refractivity contribution in [2.45, 2.75) is 0 Å². The van der Waals surface area contributed by atoms with Crippen molar-refractivity contribution in [3.63, 3.8) is 0 Å². The second kappa shape index (κ2) is 3.51. The van der Waals surface area contributed by atoms with E-state index in [-0.39, 0.29) is 0 Å². The van der Waals surface area contributed by atoms with E-state index in [1.165, 1.54) is 10.1 Å². The molecule has 1 aromatic carbocycles. The molecule has 0 N–H and O–H groups in total. The van der Waals surface area contributed by atoms with Gasteiger partial charge in [0.25, 0.3) is 0 Å². The van der Waals surface area contributed by atoms with Crippen molar-refractivity contribution in [1.82, 2.24) is 0 Å². The van der Waals surface area contributed by atoms with Gasteiger partial charge in [-0.2, -0.15) is 0 Å². The smallest absolute Gasteiger partial charge is 0.133 e. The minimum atomic E-state index is 0.916. The summed E-state index contributed by atoms with van der Waals surface area (Å²) in [6.45, 7) is 0. The Kier molecular flexibility index (Phi) is 2.15. The average Bonchev–Trinajstić information content (AvgIpc) is 2.82. The van der Waals surface area contributed by atoms with E-state index in [1.807, 2.05) is 12.1 Å². The Morgan fingerprint density at radius 1 is 1.13 bits per heavy atom. The van der Waals surface area contributed by atoms with Crippen LogP contribution in [-0.2, 0) is 0 Å². The molecule has 0 radical (unpaired) electrons. The molecular weight excluding hydrogens is 272 g/mol. The quantitative estimate of drug-likeness (QED) is 0.616. The molecule has 0 fully saturated rings. The molecule has 0 unspecified atom stereocenters. The predicted octanol–water partition coefficient (Wildman–Crippen LogP) is 4.92. The first kappa shape index (κ1) is 9.19. The lowest BCUT2D eigenvalue weighted by atomic mass is 10.1. The highest BCUT2D eigenvalue weighted by molar-refractivity contribution is 9.11. The zero-order chi connectivity index (χ0) is 10.3. The van der Waals surface area contributed by atoms with Crippen LogP contribution in [0.3, 0.4) is 0 Å². The molecule has 1 nitrogen and oxygen atoms in total. The molecule has 0 amide bonds. The number of rotatable bonds is 1. The van der Waals surface area contributed by atoms with Crippen LogP contribution in [0.25, 0.3) is 21.4 Å². The summed E-state index contributed by atoms with van der Waals surface area (Å²) in [7, 11) is 0. The number of fused-ring (bicyclic) bond motifs is 1. The van der Waals surface area contributed by atoms with E-state index < -0.39 is 0 Å². The molecule has 0 aliphatic carbocycles. The number of furan rings is 1. The van der Waals surface area contributed by atoms with E-state index in [9.17, 15) is 0 Å². The van der Waals surface area contributed by atoms with Crippen LogP contribution in [0, 0.1) is 0 Å². The van der Waals surface area contributed by atoms with Gasteiger partial charge in [-0.05, 0) is 57.7 Å². The maximum atomic E-state index is 5.37. The first-order valence-corrected chi connectivity index (χ1v) is 6.17.